The van der Waals surface area contributed by atoms with Gasteiger partial charge in [-0.25, -0.2) is 12.4 Å². The first kappa shape index (κ1) is 19.6. The summed E-state index contributed by atoms with van der Waals surface area (Å²) in [6.45, 7) is 4.26. The number of aryl methyl sites for hydroxylation is 1. The summed E-state index contributed by atoms with van der Waals surface area (Å²) in [7, 11) is -1.74. The van der Waals surface area contributed by atoms with E-state index >= 15 is 0 Å². The van der Waals surface area contributed by atoms with Gasteiger partial charge >= 0.3 is 0 Å². The van der Waals surface area contributed by atoms with Crippen LogP contribution in [0.5, 0.6) is 0 Å². The van der Waals surface area contributed by atoms with E-state index < -0.39 is 10.0 Å². The number of carbonyl (C=O) groups is 1. The van der Waals surface area contributed by atoms with Crippen LogP contribution in [0, 0.1) is 6.92 Å². The second-order valence-corrected chi connectivity index (χ2v) is 9.45. The zero-order chi connectivity index (χ0) is 20.8. The molecule has 1 atom stereocenters. The summed E-state index contributed by atoms with van der Waals surface area (Å²) < 4.78 is 28.1. The van der Waals surface area contributed by atoms with Crippen molar-refractivity contribution in [2.75, 3.05) is 13.6 Å². The van der Waals surface area contributed by atoms with Gasteiger partial charge in [0.05, 0.1) is 16.5 Å². The second kappa shape index (κ2) is 7.28. The zero-order valence-corrected chi connectivity index (χ0v) is 17.6. The van der Waals surface area contributed by atoms with E-state index in [9.17, 15) is 13.2 Å². The number of hydrogen-bond donors (Lipinski definition) is 0. The second-order valence-electron chi connectivity index (χ2n) is 7.64. The van der Waals surface area contributed by atoms with Crippen molar-refractivity contribution in [3.8, 4) is 0 Å². The maximum atomic E-state index is 13.4. The van der Waals surface area contributed by atoms with E-state index in [0.717, 1.165) is 28.6 Å². The van der Waals surface area contributed by atoms with Gasteiger partial charge in [0.25, 0.3) is 10.0 Å². The molecule has 0 unspecified atom stereocenters. The van der Waals surface area contributed by atoms with Crippen LogP contribution < -0.4 is 0 Å². The largest absolute Gasteiger partial charge is 0.296 e. The highest BCUT2D eigenvalue weighted by molar-refractivity contribution is 7.90. The Hall–Kier alpha value is -2.70. The van der Waals surface area contributed by atoms with Crippen LogP contribution in [0.15, 0.2) is 71.3 Å². The number of aromatic nitrogens is 1. The number of benzene rings is 2. The molecule has 0 saturated heterocycles. The molecule has 2 heterocycles. The Kier molecular flexibility index (Phi) is 4.92. The molecule has 1 aromatic heterocycles. The molecule has 6 heteroatoms. The lowest BCUT2D eigenvalue weighted by Crippen LogP contribution is -2.29. The van der Waals surface area contributed by atoms with E-state index in [1.807, 2.05) is 44.3 Å². The highest BCUT2D eigenvalue weighted by atomic mass is 32.2. The van der Waals surface area contributed by atoms with Crippen molar-refractivity contribution < 1.29 is 13.2 Å². The molecule has 0 N–H and O–H groups in total. The third kappa shape index (κ3) is 3.43. The van der Waals surface area contributed by atoms with E-state index in [-0.39, 0.29) is 16.7 Å². The van der Waals surface area contributed by atoms with Crippen LogP contribution >= 0.6 is 0 Å². The van der Waals surface area contributed by atoms with Crippen LogP contribution in [0.3, 0.4) is 0 Å². The van der Waals surface area contributed by atoms with E-state index in [1.54, 1.807) is 37.4 Å². The highest BCUT2D eigenvalue weighted by Gasteiger charge is 2.28. The molecule has 3 aromatic rings. The third-order valence-electron chi connectivity index (χ3n) is 5.63. The van der Waals surface area contributed by atoms with Crippen LogP contribution in [-0.4, -0.2) is 36.7 Å². The van der Waals surface area contributed by atoms with Gasteiger partial charge in [0, 0.05) is 18.1 Å². The summed E-state index contributed by atoms with van der Waals surface area (Å²) >= 11 is 0. The number of hydrogen-bond acceptors (Lipinski definition) is 4. The van der Waals surface area contributed by atoms with Gasteiger partial charge < -0.3 is 0 Å². The molecule has 0 bridgehead atoms. The Morgan fingerprint density at radius 3 is 2.45 bits per heavy atom. The number of para-hydroxylation sites is 1. The standard InChI is InChI=1S/C23H24N2O3S/c1-16-8-10-19(11-9-16)29(27,28)25-15-21(20-6-4-5-7-22(20)25)23-14-18(17(2)26)12-13-24(23)3/h4-11,14-15,23H,12-13H2,1-3H3/t23-/m0/s1. The van der Waals surface area contributed by atoms with Crippen molar-refractivity contribution >= 4 is 26.7 Å². The number of rotatable bonds is 4. The first-order chi connectivity index (χ1) is 13.8. The number of Topliss-reactive ketones (excluding diaryl/α,β-unsaturated/α-hetero) is 1. The van der Waals surface area contributed by atoms with Crippen LogP contribution in [0.2, 0.25) is 0 Å². The molecular weight excluding hydrogens is 384 g/mol. The molecule has 150 valence electrons. The van der Waals surface area contributed by atoms with Gasteiger partial charge in [-0.1, -0.05) is 42.0 Å². The molecule has 4 rings (SSSR count). The topological polar surface area (TPSA) is 59.4 Å². The monoisotopic (exact) mass is 408 g/mol. The molecule has 0 aliphatic carbocycles. The lowest BCUT2D eigenvalue weighted by molar-refractivity contribution is -0.113. The molecule has 2 aromatic carbocycles. The Labute approximate surface area is 171 Å². The van der Waals surface area contributed by atoms with E-state index in [2.05, 4.69) is 4.90 Å². The summed E-state index contributed by atoms with van der Waals surface area (Å²) in [5.41, 5.74) is 3.33. The Morgan fingerprint density at radius 1 is 1.07 bits per heavy atom. The third-order valence-corrected chi connectivity index (χ3v) is 7.31. The molecule has 5 nitrogen and oxygen atoms in total. The van der Waals surface area contributed by atoms with Crippen molar-refractivity contribution in [2.45, 2.75) is 31.2 Å². The normalized spacial score (nSPS) is 18.0. The van der Waals surface area contributed by atoms with Crippen molar-refractivity contribution in [1.82, 2.24) is 8.87 Å². The molecular formula is C23H24N2O3S. The SMILES string of the molecule is CC(=O)C1=C[C@@H](c2cn(S(=O)(=O)c3ccc(C)cc3)c3ccccc23)N(C)CC1. The molecule has 29 heavy (non-hydrogen) atoms. The molecule has 0 spiro atoms. The van der Waals surface area contributed by atoms with E-state index in [0.29, 0.717) is 11.9 Å². The maximum Gasteiger partial charge on any atom is 0.268 e. The van der Waals surface area contributed by atoms with Crippen molar-refractivity contribution in [3.05, 3.63) is 77.5 Å². The Bertz CT molecular complexity index is 1220. The van der Waals surface area contributed by atoms with Crippen molar-refractivity contribution in [1.29, 1.82) is 0 Å². The van der Waals surface area contributed by atoms with Gasteiger partial charge in [0.15, 0.2) is 5.78 Å². The van der Waals surface area contributed by atoms with Gasteiger partial charge in [-0.05, 0) is 56.7 Å². The Balaban J connectivity index is 1.92. The number of nitrogens with zero attached hydrogens (tertiary/aromatic N) is 2. The first-order valence-corrected chi connectivity index (χ1v) is 11.1. The average molecular weight is 409 g/mol. The van der Waals surface area contributed by atoms with Gasteiger partial charge in [-0.3, -0.25) is 9.69 Å². The quantitative estimate of drug-likeness (QED) is 0.653. The fourth-order valence-corrected chi connectivity index (χ4v) is 5.27. The summed E-state index contributed by atoms with van der Waals surface area (Å²) in [5.74, 6) is 0.0686. The van der Waals surface area contributed by atoms with Crippen molar-refractivity contribution in [2.24, 2.45) is 0 Å². The highest BCUT2D eigenvalue weighted by Crippen LogP contribution is 2.35. The molecule has 0 amide bonds. The molecule has 0 fully saturated rings. The van der Waals surface area contributed by atoms with Gasteiger partial charge in [0.2, 0.25) is 0 Å². The smallest absolute Gasteiger partial charge is 0.268 e. The summed E-state index contributed by atoms with van der Waals surface area (Å²) in [6, 6.07) is 14.2. The lowest BCUT2D eigenvalue weighted by atomic mass is 9.95. The minimum absolute atomic E-state index is 0.0686. The van der Waals surface area contributed by atoms with Crippen LogP contribution in [0.4, 0.5) is 0 Å². The molecule has 0 radical (unpaired) electrons. The van der Waals surface area contributed by atoms with Crippen molar-refractivity contribution in [3.63, 3.8) is 0 Å². The predicted molar refractivity (Wildman–Crippen MR) is 114 cm³/mol. The predicted octanol–water partition coefficient (Wildman–Crippen LogP) is 4.08. The number of fused-ring (bicyclic) bond motifs is 1. The fraction of sp³-hybridized carbons (Fsp3) is 0.261. The van der Waals surface area contributed by atoms with E-state index in [1.165, 1.54) is 3.97 Å². The number of carbonyl (C=O) groups excluding carboxylic acids is 1. The summed E-state index contributed by atoms with van der Waals surface area (Å²) in [6.07, 6.45) is 4.39. The average Bonchev–Trinajstić information content (AvgIpc) is 3.09. The van der Waals surface area contributed by atoms with Gasteiger partial charge in [-0.2, -0.15) is 0 Å². The van der Waals surface area contributed by atoms with Crippen LogP contribution in [-0.2, 0) is 14.8 Å². The molecule has 1 aliphatic rings. The maximum absolute atomic E-state index is 13.4. The Morgan fingerprint density at radius 2 is 1.76 bits per heavy atom. The first-order valence-electron chi connectivity index (χ1n) is 9.63. The van der Waals surface area contributed by atoms with E-state index in [4.69, 9.17) is 0 Å². The molecule has 0 saturated carbocycles. The van der Waals surface area contributed by atoms with Gasteiger partial charge in [0.1, 0.15) is 0 Å². The zero-order valence-electron chi connectivity index (χ0n) is 16.8. The summed E-state index contributed by atoms with van der Waals surface area (Å²) in [4.78, 5) is 14.3. The molecule has 1 aliphatic heterocycles. The number of likely N-dealkylation sites (N-methyl/N-ethyl adjacent to an activating group) is 1. The van der Waals surface area contributed by atoms with Crippen LogP contribution in [0.1, 0.15) is 30.5 Å². The minimum Gasteiger partial charge on any atom is -0.296 e. The fourth-order valence-electron chi connectivity index (χ4n) is 3.89. The van der Waals surface area contributed by atoms with Crippen LogP contribution in [0.25, 0.3) is 10.9 Å². The van der Waals surface area contributed by atoms with Gasteiger partial charge in [-0.15, -0.1) is 0 Å². The lowest BCUT2D eigenvalue weighted by Gasteiger charge is -2.30. The minimum atomic E-state index is -3.74. The summed E-state index contributed by atoms with van der Waals surface area (Å²) in [5, 5.41) is 0.876. The number of ketones is 1.